The van der Waals surface area contributed by atoms with Gasteiger partial charge in [-0.3, -0.25) is 4.79 Å². The zero-order chi connectivity index (χ0) is 21.2. The largest absolute Gasteiger partial charge is 0.465 e. The third-order valence-electron chi connectivity index (χ3n) is 4.58. The molecular weight excluding hydrogens is 389 g/mol. The number of nitrogens with one attached hydrogen (secondary N) is 1. The minimum atomic E-state index is -0.566. The summed E-state index contributed by atoms with van der Waals surface area (Å²) in [6.45, 7) is 6.31. The van der Waals surface area contributed by atoms with Crippen molar-refractivity contribution in [1.82, 2.24) is 0 Å². The zero-order valence-electron chi connectivity index (χ0n) is 16.7. The molecule has 0 atom stereocenters. The smallest absolute Gasteiger partial charge is 0.341 e. The summed E-state index contributed by atoms with van der Waals surface area (Å²) in [6, 6.07) is 13.2. The Kier molecular flexibility index (Phi) is 5.84. The third kappa shape index (κ3) is 4.54. The molecule has 2 aromatic carbocycles. The number of hydrogen-bond acceptors (Lipinski definition) is 4. The first kappa shape index (κ1) is 20.7. The average molecular weight is 411 g/mol. The fourth-order valence-corrected chi connectivity index (χ4v) is 3.85. The molecule has 1 heterocycles. The molecule has 0 saturated heterocycles. The van der Waals surface area contributed by atoms with Crippen LogP contribution in [0.5, 0.6) is 0 Å². The number of halogens is 1. The Morgan fingerprint density at radius 3 is 2.17 bits per heavy atom. The second-order valence-electron chi connectivity index (χ2n) is 7.63. The summed E-state index contributed by atoms with van der Waals surface area (Å²) in [7, 11) is 1.28. The van der Waals surface area contributed by atoms with Crippen LogP contribution in [0.15, 0.2) is 53.9 Å². The molecule has 1 aromatic heterocycles. The molecule has 6 heteroatoms. The molecule has 0 radical (unpaired) electrons. The summed E-state index contributed by atoms with van der Waals surface area (Å²) >= 11 is 1.22. The van der Waals surface area contributed by atoms with E-state index in [1.807, 2.05) is 12.1 Å². The molecular formula is C23H22FNO3S. The highest BCUT2D eigenvalue weighted by molar-refractivity contribution is 7.15. The number of hydrogen-bond donors (Lipinski definition) is 1. The molecule has 1 N–H and O–H groups in total. The van der Waals surface area contributed by atoms with Gasteiger partial charge >= 0.3 is 5.97 Å². The number of amides is 1. The predicted molar refractivity (Wildman–Crippen MR) is 114 cm³/mol. The maximum atomic E-state index is 13.2. The maximum Gasteiger partial charge on any atom is 0.341 e. The predicted octanol–water partition coefficient (Wildman–Crippen LogP) is 5.89. The van der Waals surface area contributed by atoms with E-state index in [0.29, 0.717) is 21.7 Å². The summed E-state index contributed by atoms with van der Waals surface area (Å²) in [5.74, 6) is -1.25. The first-order chi connectivity index (χ1) is 13.7. The van der Waals surface area contributed by atoms with E-state index in [4.69, 9.17) is 4.74 Å². The van der Waals surface area contributed by atoms with Gasteiger partial charge < -0.3 is 10.1 Å². The monoisotopic (exact) mass is 411 g/mol. The number of esters is 1. The minimum absolute atomic E-state index is 0.00906. The standard InChI is InChI=1S/C23H22FNO3S/c1-23(2,3)16-9-5-15(6-10-16)20(26)25-21-19(22(27)28-4)18(13-29-21)14-7-11-17(24)12-8-14/h5-13H,1-4H3,(H,25,26). The SMILES string of the molecule is COC(=O)c1c(-c2ccc(F)cc2)csc1NC(=O)c1ccc(C(C)(C)C)cc1. The number of anilines is 1. The molecule has 0 aliphatic rings. The fourth-order valence-electron chi connectivity index (χ4n) is 2.89. The molecule has 0 spiro atoms. The zero-order valence-corrected chi connectivity index (χ0v) is 17.5. The van der Waals surface area contributed by atoms with Gasteiger partial charge in [-0.25, -0.2) is 9.18 Å². The normalized spacial score (nSPS) is 11.2. The number of rotatable bonds is 4. The minimum Gasteiger partial charge on any atom is -0.465 e. The van der Waals surface area contributed by atoms with E-state index in [1.54, 1.807) is 29.6 Å². The van der Waals surface area contributed by atoms with Gasteiger partial charge in [0, 0.05) is 16.5 Å². The highest BCUT2D eigenvalue weighted by Gasteiger charge is 2.23. The number of benzene rings is 2. The topological polar surface area (TPSA) is 55.4 Å². The van der Waals surface area contributed by atoms with Crippen LogP contribution in [0.4, 0.5) is 9.39 Å². The first-order valence-corrected chi connectivity index (χ1v) is 9.96. The molecule has 29 heavy (non-hydrogen) atoms. The molecule has 3 rings (SSSR count). The summed E-state index contributed by atoms with van der Waals surface area (Å²) < 4.78 is 18.2. The molecule has 3 aromatic rings. The van der Waals surface area contributed by atoms with Crippen molar-refractivity contribution in [3.63, 3.8) is 0 Å². The molecule has 0 unspecified atom stereocenters. The fraction of sp³-hybridized carbons (Fsp3) is 0.217. The lowest BCUT2D eigenvalue weighted by molar-refractivity contribution is 0.0603. The van der Waals surface area contributed by atoms with Gasteiger partial charge in [-0.2, -0.15) is 0 Å². The van der Waals surface area contributed by atoms with Gasteiger partial charge in [0.05, 0.1) is 7.11 Å². The van der Waals surface area contributed by atoms with Crippen LogP contribution in [0.3, 0.4) is 0 Å². The third-order valence-corrected chi connectivity index (χ3v) is 5.47. The van der Waals surface area contributed by atoms with Crippen LogP contribution in [0.2, 0.25) is 0 Å². The van der Waals surface area contributed by atoms with E-state index in [1.165, 1.54) is 30.6 Å². The van der Waals surface area contributed by atoms with Crippen molar-refractivity contribution >= 4 is 28.2 Å². The molecule has 0 saturated carbocycles. The summed E-state index contributed by atoms with van der Waals surface area (Å²) in [5, 5.41) is 4.94. The average Bonchev–Trinajstić information content (AvgIpc) is 3.10. The van der Waals surface area contributed by atoms with Crippen molar-refractivity contribution < 1.29 is 18.7 Å². The summed E-state index contributed by atoms with van der Waals surface area (Å²) in [6.07, 6.45) is 0. The number of methoxy groups -OCH3 is 1. The quantitative estimate of drug-likeness (QED) is 0.545. The number of carbonyl (C=O) groups excluding carboxylic acids is 2. The number of ether oxygens (including phenoxy) is 1. The Morgan fingerprint density at radius 2 is 1.62 bits per heavy atom. The Hall–Kier alpha value is -2.99. The lowest BCUT2D eigenvalue weighted by Gasteiger charge is -2.19. The number of carbonyl (C=O) groups is 2. The Bertz CT molecular complexity index is 1030. The van der Waals surface area contributed by atoms with Crippen molar-refractivity contribution in [3.8, 4) is 11.1 Å². The van der Waals surface area contributed by atoms with Crippen molar-refractivity contribution in [2.45, 2.75) is 26.2 Å². The Morgan fingerprint density at radius 1 is 1.00 bits per heavy atom. The van der Waals surface area contributed by atoms with Crippen LogP contribution >= 0.6 is 11.3 Å². The highest BCUT2D eigenvalue weighted by Crippen LogP contribution is 2.36. The van der Waals surface area contributed by atoms with Crippen LogP contribution in [-0.4, -0.2) is 19.0 Å². The van der Waals surface area contributed by atoms with Crippen LogP contribution in [0.25, 0.3) is 11.1 Å². The second-order valence-corrected chi connectivity index (χ2v) is 8.51. The van der Waals surface area contributed by atoms with Gasteiger partial charge in [0.2, 0.25) is 0 Å². The van der Waals surface area contributed by atoms with Gasteiger partial charge in [-0.15, -0.1) is 11.3 Å². The van der Waals surface area contributed by atoms with Crippen LogP contribution < -0.4 is 5.32 Å². The Labute approximate surface area is 173 Å². The van der Waals surface area contributed by atoms with Gasteiger partial charge in [-0.1, -0.05) is 45.0 Å². The van der Waals surface area contributed by atoms with Crippen molar-refractivity contribution in [2.24, 2.45) is 0 Å². The molecule has 4 nitrogen and oxygen atoms in total. The number of thiophene rings is 1. The molecule has 0 aliphatic carbocycles. The lowest BCUT2D eigenvalue weighted by atomic mass is 9.87. The summed E-state index contributed by atoms with van der Waals surface area (Å²) in [4.78, 5) is 25.1. The molecule has 150 valence electrons. The summed E-state index contributed by atoms with van der Waals surface area (Å²) in [5.41, 5.74) is 3.11. The van der Waals surface area contributed by atoms with E-state index < -0.39 is 5.97 Å². The van der Waals surface area contributed by atoms with E-state index >= 15 is 0 Å². The van der Waals surface area contributed by atoms with E-state index in [-0.39, 0.29) is 22.7 Å². The van der Waals surface area contributed by atoms with Gasteiger partial charge in [0.15, 0.2) is 0 Å². The van der Waals surface area contributed by atoms with Gasteiger partial charge in [-0.05, 0) is 40.8 Å². The van der Waals surface area contributed by atoms with E-state index in [2.05, 4.69) is 26.1 Å². The van der Waals surface area contributed by atoms with Crippen molar-refractivity contribution in [3.05, 3.63) is 76.4 Å². The van der Waals surface area contributed by atoms with E-state index in [9.17, 15) is 14.0 Å². The van der Waals surface area contributed by atoms with Crippen LogP contribution in [0.1, 0.15) is 47.1 Å². The van der Waals surface area contributed by atoms with Crippen LogP contribution in [0, 0.1) is 5.82 Å². The van der Waals surface area contributed by atoms with Crippen molar-refractivity contribution in [2.75, 3.05) is 12.4 Å². The molecule has 0 aliphatic heterocycles. The van der Waals surface area contributed by atoms with Crippen LogP contribution in [-0.2, 0) is 10.2 Å². The maximum absolute atomic E-state index is 13.2. The highest BCUT2D eigenvalue weighted by atomic mass is 32.1. The second kappa shape index (κ2) is 8.17. The van der Waals surface area contributed by atoms with Gasteiger partial charge in [0.25, 0.3) is 5.91 Å². The lowest BCUT2D eigenvalue weighted by Crippen LogP contribution is -2.15. The first-order valence-electron chi connectivity index (χ1n) is 9.08. The Balaban J connectivity index is 1.91. The van der Waals surface area contributed by atoms with Crippen molar-refractivity contribution in [1.29, 1.82) is 0 Å². The molecule has 1 amide bonds. The molecule has 0 fully saturated rings. The van der Waals surface area contributed by atoms with E-state index in [0.717, 1.165) is 5.56 Å². The molecule has 0 bridgehead atoms. The van der Waals surface area contributed by atoms with Gasteiger partial charge in [0.1, 0.15) is 16.4 Å².